The molecule has 1 N–H and O–H groups in total. The molecule has 0 radical (unpaired) electrons. The van der Waals surface area contributed by atoms with Crippen LogP contribution in [0.3, 0.4) is 0 Å². The van der Waals surface area contributed by atoms with Crippen molar-refractivity contribution in [3.05, 3.63) is 94.3 Å². The fourth-order valence-corrected chi connectivity index (χ4v) is 3.07. The van der Waals surface area contributed by atoms with Gasteiger partial charge in [-0.25, -0.2) is 9.97 Å². The summed E-state index contributed by atoms with van der Waals surface area (Å²) < 4.78 is 7.67. The number of ether oxygens (including phenoxy) is 1. The first kappa shape index (κ1) is 20.7. The van der Waals surface area contributed by atoms with Gasteiger partial charge in [0.25, 0.3) is 11.6 Å². The number of nitrogens with one attached hydrogen (secondary N) is 1. The van der Waals surface area contributed by atoms with Crippen molar-refractivity contribution < 1.29 is 14.5 Å². The second-order valence-corrected chi connectivity index (χ2v) is 6.81. The van der Waals surface area contributed by atoms with Gasteiger partial charge in [0, 0.05) is 30.2 Å². The summed E-state index contributed by atoms with van der Waals surface area (Å²) in [6, 6.07) is 14.1. The summed E-state index contributed by atoms with van der Waals surface area (Å²) >= 11 is 0. The molecule has 2 aromatic heterocycles. The average molecular weight is 430 g/mol. The highest BCUT2D eigenvalue weighted by Crippen LogP contribution is 2.24. The zero-order chi connectivity index (χ0) is 22.7. The van der Waals surface area contributed by atoms with Crippen molar-refractivity contribution in [2.75, 3.05) is 5.32 Å². The lowest BCUT2D eigenvalue weighted by Crippen LogP contribution is -2.13. The molecule has 0 unspecified atom stereocenters. The maximum atomic E-state index is 12.5. The van der Waals surface area contributed by atoms with Crippen LogP contribution in [0, 0.1) is 24.0 Å². The molecule has 0 fully saturated rings. The van der Waals surface area contributed by atoms with Gasteiger partial charge in [0.1, 0.15) is 28.8 Å². The fourth-order valence-electron chi connectivity index (χ4n) is 3.07. The van der Waals surface area contributed by atoms with E-state index in [1.807, 2.05) is 11.5 Å². The second kappa shape index (κ2) is 8.64. The van der Waals surface area contributed by atoms with Gasteiger partial charge in [-0.05, 0) is 44.2 Å². The number of anilines is 1. The summed E-state index contributed by atoms with van der Waals surface area (Å²) in [6.07, 6.45) is 3.49. The third-order valence-corrected chi connectivity index (χ3v) is 4.55. The smallest absolute Gasteiger partial charge is 0.282 e. The molecule has 0 aliphatic carbocycles. The Kier molecular flexibility index (Phi) is 5.58. The molecular weight excluding hydrogens is 412 g/mol. The SMILES string of the molecule is Cc1nc(Oc2ccc(NC(=O)c3ccccc3[N+](=O)[O-])cc2)cc(-n2ccnc2C)n1. The Labute approximate surface area is 182 Å². The minimum absolute atomic E-state index is 0.0170. The lowest BCUT2D eigenvalue weighted by atomic mass is 10.1. The van der Waals surface area contributed by atoms with E-state index in [1.165, 1.54) is 18.2 Å². The van der Waals surface area contributed by atoms with Crippen LogP contribution in [0.5, 0.6) is 11.6 Å². The van der Waals surface area contributed by atoms with Crippen molar-refractivity contribution in [2.24, 2.45) is 0 Å². The van der Waals surface area contributed by atoms with E-state index in [9.17, 15) is 14.9 Å². The molecule has 4 aromatic rings. The number of hydrogen-bond donors (Lipinski definition) is 1. The van der Waals surface area contributed by atoms with E-state index in [0.29, 0.717) is 29.0 Å². The van der Waals surface area contributed by atoms with Crippen molar-refractivity contribution in [1.82, 2.24) is 19.5 Å². The first-order valence-electron chi connectivity index (χ1n) is 9.59. The van der Waals surface area contributed by atoms with E-state index in [0.717, 1.165) is 5.82 Å². The van der Waals surface area contributed by atoms with Crippen LogP contribution >= 0.6 is 0 Å². The number of nitro benzene ring substituents is 1. The summed E-state index contributed by atoms with van der Waals surface area (Å²) in [5, 5.41) is 13.8. The van der Waals surface area contributed by atoms with E-state index >= 15 is 0 Å². The number of hydrogen-bond acceptors (Lipinski definition) is 7. The third-order valence-electron chi connectivity index (χ3n) is 4.55. The molecule has 160 valence electrons. The fraction of sp³-hybridized carbons (Fsp3) is 0.0909. The lowest BCUT2D eigenvalue weighted by molar-refractivity contribution is -0.385. The molecule has 4 rings (SSSR count). The van der Waals surface area contributed by atoms with Crippen LogP contribution in [0.2, 0.25) is 0 Å². The number of carbonyl (C=O) groups excluding carboxylic acids is 1. The summed E-state index contributed by atoms with van der Waals surface area (Å²) in [5.74, 6) is 2.25. The van der Waals surface area contributed by atoms with Crippen LogP contribution in [0.4, 0.5) is 11.4 Å². The maximum absolute atomic E-state index is 12.5. The Hall–Kier alpha value is -4.60. The minimum atomic E-state index is -0.588. The van der Waals surface area contributed by atoms with Gasteiger partial charge in [-0.1, -0.05) is 12.1 Å². The number of benzene rings is 2. The number of imidazole rings is 1. The van der Waals surface area contributed by atoms with Crippen molar-refractivity contribution >= 4 is 17.3 Å². The quantitative estimate of drug-likeness (QED) is 0.358. The topological polar surface area (TPSA) is 125 Å². The number of rotatable bonds is 6. The Morgan fingerprint density at radius 3 is 2.53 bits per heavy atom. The van der Waals surface area contributed by atoms with Crippen LogP contribution in [-0.4, -0.2) is 30.3 Å². The summed E-state index contributed by atoms with van der Waals surface area (Å²) in [5.41, 5.74) is 0.193. The molecule has 0 spiro atoms. The number of amides is 1. The molecule has 0 bridgehead atoms. The van der Waals surface area contributed by atoms with Crippen molar-refractivity contribution in [1.29, 1.82) is 0 Å². The summed E-state index contributed by atoms with van der Waals surface area (Å²) in [4.78, 5) is 35.9. The summed E-state index contributed by atoms with van der Waals surface area (Å²) in [7, 11) is 0. The maximum Gasteiger partial charge on any atom is 0.282 e. The van der Waals surface area contributed by atoms with E-state index in [1.54, 1.807) is 55.7 Å². The minimum Gasteiger partial charge on any atom is -0.439 e. The van der Waals surface area contributed by atoms with Crippen LogP contribution in [0.15, 0.2) is 67.0 Å². The Morgan fingerprint density at radius 2 is 1.84 bits per heavy atom. The predicted octanol–water partition coefficient (Wildman–Crippen LogP) is 4.23. The Bertz CT molecular complexity index is 1300. The summed E-state index contributed by atoms with van der Waals surface area (Å²) in [6.45, 7) is 3.64. The molecule has 0 saturated heterocycles. The highest BCUT2D eigenvalue weighted by atomic mass is 16.6. The van der Waals surface area contributed by atoms with Crippen molar-refractivity contribution in [2.45, 2.75) is 13.8 Å². The lowest BCUT2D eigenvalue weighted by Gasteiger charge is -2.10. The van der Waals surface area contributed by atoms with Crippen molar-refractivity contribution in [3.63, 3.8) is 0 Å². The molecule has 0 saturated carbocycles. The van der Waals surface area contributed by atoms with Gasteiger partial charge in [0.05, 0.1) is 4.92 Å². The van der Waals surface area contributed by atoms with Gasteiger partial charge < -0.3 is 10.1 Å². The van der Waals surface area contributed by atoms with Gasteiger partial charge >= 0.3 is 0 Å². The molecule has 2 aromatic carbocycles. The highest BCUT2D eigenvalue weighted by molar-refractivity contribution is 6.07. The van der Waals surface area contributed by atoms with E-state index in [4.69, 9.17) is 4.74 Å². The third kappa shape index (κ3) is 4.43. The van der Waals surface area contributed by atoms with Crippen LogP contribution in [-0.2, 0) is 0 Å². The van der Waals surface area contributed by atoms with Crippen LogP contribution in [0.25, 0.3) is 5.82 Å². The molecule has 10 nitrogen and oxygen atoms in total. The Balaban J connectivity index is 1.49. The molecular formula is C22H18N6O4. The van der Waals surface area contributed by atoms with E-state index in [2.05, 4.69) is 20.3 Å². The van der Waals surface area contributed by atoms with Gasteiger partial charge in [-0.15, -0.1) is 0 Å². The molecule has 0 aliphatic heterocycles. The molecule has 0 atom stereocenters. The normalized spacial score (nSPS) is 10.6. The molecule has 10 heteroatoms. The predicted molar refractivity (Wildman–Crippen MR) is 116 cm³/mol. The van der Waals surface area contributed by atoms with Crippen LogP contribution in [0.1, 0.15) is 22.0 Å². The second-order valence-electron chi connectivity index (χ2n) is 6.81. The van der Waals surface area contributed by atoms with Crippen LogP contribution < -0.4 is 10.1 Å². The number of para-hydroxylation sites is 1. The van der Waals surface area contributed by atoms with Gasteiger partial charge in [-0.2, -0.15) is 4.98 Å². The Morgan fingerprint density at radius 1 is 1.09 bits per heavy atom. The molecule has 2 heterocycles. The van der Waals surface area contributed by atoms with Crippen molar-refractivity contribution in [3.8, 4) is 17.4 Å². The van der Waals surface area contributed by atoms with Gasteiger partial charge in [0.15, 0.2) is 0 Å². The number of nitro groups is 1. The number of carbonyl (C=O) groups is 1. The average Bonchev–Trinajstić information content (AvgIpc) is 3.20. The number of aromatic nitrogens is 4. The molecule has 1 amide bonds. The molecule has 32 heavy (non-hydrogen) atoms. The molecule has 0 aliphatic rings. The highest BCUT2D eigenvalue weighted by Gasteiger charge is 2.19. The largest absolute Gasteiger partial charge is 0.439 e. The monoisotopic (exact) mass is 430 g/mol. The zero-order valence-corrected chi connectivity index (χ0v) is 17.2. The first-order valence-corrected chi connectivity index (χ1v) is 9.59. The number of aryl methyl sites for hydroxylation is 2. The number of nitrogens with zero attached hydrogens (tertiary/aromatic N) is 5. The van der Waals surface area contributed by atoms with E-state index < -0.39 is 10.8 Å². The zero-order valence-electron chi connectivity index (χ0n) is 17.2. The van der Waals surface area contributed by atoms with Gasteiger partial charge in [-0.3, -0.25) is 19.5 Å². The van der Waals surface area contributed by atoms with E-state index in [-0.39, 0.29) is 11.3 Å². The first-order chi connectivity index (χ1) is 15.4. The van der Waals surface area contributed by atoms with Gasteiger partial charge in [0.2, 0.25) is 5.88 Å². The standard InChI is InChI=1S/C22H18N6O4/c1-14-24-20(27-12-11-23-15(27)2)13-21(25-14)32-17-9-7-16(8-10-17)26-22(29)18-5-3-4-6-19(18)28(30)31/h3-13H,1-2H3,(H,26,29).